The van der Waals surface area contributed by atoms with Crippen LogP contribution in [0.25, 0.3) is 0 Å². The predicted octanol–water partition coefficient (Wildman–Crippen LogP) is 2.78. The Bertz CT molecular complexity index is 427. The van der Waals surface area contributed by atoms with Crippen LogP contribution in [0.4, 0.5) is 0 Å². The van der Waals surface area contributed by atoms with Crippen LogP contribution in [0.3, 0.4) is 0 Å². The summed E-state index contributed by atoms with van der Waals surface area (Å²) in [4.78, 5) is 0. The maximum absolute atomic E-state index is 5.48. The molecule has 0 amide bonds. The molecule has 0 spiro atoms. The molecule has 0 aliphatic carbocycles. The van der Waals surface area contributed by atoms with Crippen LogP contribution < -0.4 is 14.8 Å². The van der Waals surface area contributed by atoms with Crippen LogP contribution in [0.15, 0.2) is 16.6 Å². The van der Waals surface area contributed by atoms with Crippen molar-refractivity contribution in [3.63, 3.8) is 0 Å². The number of ether oxygens (including phenoxy) is 2. The lowest BCUT2D eigenvalue weighted by atomic mass is 9.90. The summed E-state index contributed by atoms with van der Waals surface area (Å²) in [5, 5.41) is 3.55. The zero-order valence-corrected chi connectivity index (χ0v) is 10.8. The lowest BCUT2D eigenvalue weighted by molar-refractivity contribution is 0.173. The molecule has 86 valence electrons. The van der Waals surface area contributed by atoms with E-state index >= 15 is 0 Å². The SMILES string of the molecule is CC1(c2ccc3c(c2Br)OCO3)CCCN1. The minimum absolute atomic E-state index is 0.0554. The number of rotatable bonds is 1. The molecule has 1 saturated heterocycles. The number of nitrogens with one attached hydrogen (secondary N) is 1. The second-order valence-corrected chi connectivity index (χ2v) is 5.32. The predicted molar refractivity (Wildman–Crippen MR) is 64.9 cm³/mol. The van der Waals surface area contributed by atoms with Crippen molar-refractivity contribution in [2.75, 3.05) is 13.3 Å². The monoisotopic (exact) mass is 283 g/mol. The molecule has 0 saturated carbocycles. The molecule has 0 radical (unpaired) electrons. The summed E-state index contributed by atoms with van der Waals surface area (Å²) in [7, 11) is 0. The lowest BCUT2D eigenvalue weighted by Gasteiger charge is -2.26. The van der Waals surface area contributed by atoms with E-state index in [9.17, 15) is 0 Å². The smallest absolute Gasteiger partial charge is 0.231 e. The van der Waals surface area contributed by atoms with Gasteiger partial charge in [0, 0.05) is 5.54 Å². The molecule has 0 bridgehead atoms. The van der Waals surface area contributed by atoms with Gasteiger partial charge in [-0.3, -0.25) is 0 Å². The second-order valence-electron chi connectivity index (χ2n) is 4.52. The van der Waals surface area contributed by atoms with E-state index in [1.165, 1.54) is 12.0 Å². The first-order valence-electron chi connectivity index (χ1n) is 5.54. The summed E-state index contributed by atoms with van der Waals surface area (Å²) in [6, 6.07) is 4.11. The molecule has 1 atom stereocenters. The Kier molecular flexibility index (Phi) is 2.37. The van der Waals surface area contributed by atoms with Gasteiger partial charge in [-0.15, -0.1) is 0 Å². The molecule has 1 aromatic rings. The van der Waals surface area contributed by atoms with E-state index in [0.29, 0.717) is 6.79 Å². The average Bonchev–Trinajstić information content (AvgIpc) is 2.87. The van der Waals surface area contributed by atoms with Crippen molar-refractivity contribution in [1.82, 2.24) is 5.32 Å². The summed E-state index contributed by atoms with van der Waals surface area (Å²) < 4.78 is 11.9. The molecule has 1 fully saturated rings. The normalized spacial score (nSPS) is 27.4. The highest BCUT2D eigenvalue weighted by Gasteiger charge is 2.34. The van der Waals surface area contributed by atoms with Gasteiger partial charge < -0.3 is 14.8 Å². The van der Waals surface area contributed by atoms with Gasteiger partial charge in [0.25, 0.3) is 0 Å². The molecule has 2 heterocycles. The fourth-order valence-electron chi connectivity index (χ4n) is 2.49. The van der Waals surface area contributed by atoms with Crippen molar-refractivity contribution in [1.29, 1.82) is 0 Å². The van der Waals surface area contributed by atoms with Gasteiger partial charge >= 0.3 is 0 Å². The van der Waals surface area contributed by atoms with Gasteiger partial charge in [-0.25, -0.2) is 0 Å². The van der Waals surface area contributed by atoms with E-state index < -0.39 is 0 Å². The van der Waals surface area contributed by atoms with Crippen LogP contribution in [-0.4, -0.2) is 13.3 Å². The highest BCUT2D eigenvalue weighted by Crippen LogP contribution is 2.45. The first-order valence-corrected chi connectivity index (χ1v) is 6.34. The van der Waals surface area contributed by atoms with Crippen molar-refractivity contribution in [2.45, 2.75) is 25.3 Å². The Morgan fingerprint density at radius 1 is 1.38 bits per heavy atom. The van der Waals surface area contributed by atoms with Crippen molar-refractivity contribution in [2.24, 2.45) is 0 Å². The van der Waals surface area contributed by atoms with Crippen LogP contribution in [-0.2, 0) is 5.54 Å². The van der Waals surface area contributed by atoms with Crippen LogP contribution in [0.2, 0.25) is 0 Å². The molecule has 2 aliphatic heterocycles. The van der Waals surface area contributed by atoms with Crippen LogP contribution in [0.1, 0.15) is 25.3 Å². The first-order chi connectivity index (χ1) is 7.71. The van der Waals surface area contributed by atoms with Gasteiger partial charge in [-0.05, 0) is 53.9 Å². The standard InChI is InChI=1S/C12H14BrNO2/c1-12(5-2-6-14-12)8-3-4-9-11(10(8)13)16-7-15-9/h3-4,14H,2,5-7H2,1H3. The minimum Gasteiger partial charge on any atom is -0.454 e. The van der Waals surface area contributed by atoms with Crippen LogP contribution in [0, 0.1) is 0 Å². The maximum atomic E-state index is 5.48. The van der Waals surface area contributed by atoms with Gasteiger partial charge in [-0.1, -0.05) is 6.07 Å². The van der Waals surface area contributed by atoms with Gasteiger partial charge in [0.05, 0.1) is 4.47 Å². The van der Waals surface area contributed by atoms with Crippen LogP contribution in [0.5, 0.6) is 11.5 Å². The van der Waals surface area contributed by atoms with E-state index in [4.69, 9.17) is 9.47 Å². The molecule has 3 rings (SSSR count). The number of fused-ring (bicyclic) bond motifs is 1. The van der Waals surface area contributed by atoms with E-state index in [1.807, 2.05) is 6.07 Å². The lowest BCUT2D eigenvalue weighted by Crippen LogP contribution is -2.33. The third-order valence-electron chi connectivity index (χ3n) is 3.44. The molecule has 1 aromatic carbocycles. The Morgan fingerprint density at radius 3 is 3.00 bits per heavy atom. The minimum atomic E-state index is 0.0554. The van der Waals surface area contributed by atoms with Crippen molar-refractivity contribution in [3.05, 3.63) is 22.2 Å². The largest absolute Gasteiger partial charge is 0.454 e. The molecular weight excluding hydrogens is 270 g/mol. The van der Waals surface area contributed by atoms with E-state index in [-0.39, 0.29) is 5.54 Å². The number of halogens is 1. The quantitative estimate of drug-likeness (QED) is 0.860. The Morgan fingerprint density at radius 2 is 2.25 bits per heavy atom. The molecular formula is C12H14BrNO2. The van der Waals surface area contributed by atoms with Crippen molar-refractivity contribution < 1.29 is 9.47 Å². The zero-order valence-electron chi connectivity index (χ0n) is 9.18. The molecule has 0 aromatic heterocycles. The first kappa shape index (κ1) is 10.4. The molecule has 2 aliphatic rings. The third-order valence-corrected chi connectivity index (χ3v) is 4.23. The fourth-order valence-corrected chi connectivity index (χ4v) is 3.37. The molecule has 4 heteroatoms. The maximum Gasteiger partial charge on any atom is 0.231 e. The van der Waals surface area contributed by atoms with Gasteiger partial charge in [0.2, 0.25) is 6.79 Å². The summed E-state index contributed by atoms with van der Waals surface area (Å²) in [5.41, 5.74) is 1.31. The van der Waals surface area contributed by atoms with Gasteiger partial charge in [0.1, 0.15) is 0 Å². The highest BCUT2D eigenvalue weighted by molar-refractivity contribution is 9.10. The zero-order chi connectivity index (χ0) is 11.2. The van der Waals surface area contributed by atoms with E-state index in [1.54, 1.807) is 0 Å². The molecule has 1 N–H and O–H groups in total. The second kappa shape index (κ2) is 3.64. The van der Waals surface area contributed by atoms with Crippen molar-refractivity contribution >= 4 is 15.9 Å². The summed E-state index contributed by atoms with van der Waals surface area (Å²) in [5.74, 6) is 1.67. The number of benzene rings is 1. The Labute approximate surface area is 103 Å². The van der Waals surface area contributed by atoms with Gasteiger partial charge in [-0.2, -0.15) is 0 Å². The number of hydrogen-bond acceptors (Lipinski definition) is 3. The van der Waals surface area contributed by atoms with E-state index in [2.05, 4.69) is 34.2 Å². The summed E-state index contributed by atoms with van der Waals surface area (Å²) in [6.45, 7) is 3.64. The Hall–Kier alpha value is -0.740. The summed E-state index contributed by atoms with van der Waals surface area (Å²) >= 11 is 3.63. The summed E-state index contributed by atoms with van der Waals surface area (Å²) in [6.07, 6.45) is 2.38. The van der Waals surface area contributed by atoms with Gasteiger partial charge in [0.15, 0.2) is 11.5 Å². The molecule has 1 unspecified atom stereocenters. The highest BCUT2D eigenvalue weighted by atomic mass is 79.9. The van der Waals surface area contributed by atoms with E-state index in [0.717, 1.165) is 28.9 Å². The van der Waals surface area contributed by atoms with Crippen molar-refractivity contribution in [3.8, 4) is 11.5 Å². The Balaban J connectivity index is 2.08. The topological polar surface area (TPSA) is 30.5 Å². The third kappa shape index (κ3) is 1.44. The molecule has 16 heavy (non-hydrogen) atoms. The number of hydrogen-bond donors (Lipinski definition) is 1. The average molecular weight is 284 g/mol. The fraction of sp³-hybridized carbons (Fsp3) is 0.500. The molecule has 3 nitrogen and oxygen atoms in total. The van der Waals surface area contributed by atoms with Crippen LogP contribution >= 0.6 is 15.9 Å².